The van der Waals surface area contributed by atoms with Crippen LogP contribution in [-0.4, -0.2) is 34.1 Å². The lowest BCUT2D eigenvalue weighted by molar-refractivity contribution is -0.135. The van der Waals surface area contributed by atoms with Crippen LogP contribution in [0.15, 0.2) is 0 Å². The van der Waals surface area contributed by atoms with E-state index in [-0.39, 0.29) is 24.0 Å². The van der Waals surface area contributed by atoms with E-state index in [1.54, 1.807) is 0 Å². The molecule has 0 amide bonds. The maximum Gasteiger partial charge on any atom is 0.0601 e. The van der Waals surface area contributed by atoms with Crippen LogP contribution in [0.5, 0.6) is 0 Å². The molecule has 0 aliphatic heterocycles. The molecule has 0 bridgehead atoms. The molecule has 2 rings (SSSR count). The fraction of sp³-hybridized carbons (Fsp3) is 1.00. The van der Waals surface area contributed by atoms with Crippen molar-refractivity contribution in [1.82, 2.24) is 0 Å². The minimum absolute atomic E-state index is 0.0192. The van der Waals surface area contributed by atoms with Crippen molar-refractivity contribution in [3.8, 4) is 0 Å². The minimum Gasteiger partial charge on any atom is -0.396 e. The maximum absolute atomic E-state index is 10.4. The van der Waals surface area contributed by atoms with Crippen LogP contribution in [0.2, 0.25) is 0 Å². The number of hydrogen-bond donors (Lipinski definition) is 3. The van der Waals surface area contributed by atoms with E-state index < -0.39 is 6.10 Å². The Morgan fingerprint density at radius 3 is 2.33 bits per heavy atom. The Kier molecular flexibility index (Phi) is 4.05. The molecule has 3 nitrogen and oxygen atoms in total. The van der Waals surface area contributed by atoms with Gasteiger partial charge in [-0.1, -0.05) is 20.8 Å². The third-order valence-electron chi connectivity index (χ3n) is 5.40. The highest BCUT2D eigenvalue weighted by molar-refractivity contribution is 5.00. The number of aliphatic hydroxyl groups is 3. The van der Waals surface area contributed by atoms with E-state index in [1.807, 2.05) is 0 Å². The summed E-state index contributed by atoms with van der Waals surface area (Å²) in [5.41, 5.74) is -0.176. The molecule has 0 saturated heterocycles. The number of aliphatic hydroxyl groups excluding tert-OH is 3. The van der Waals surface area contributed by atoms with Crippen LogP contribution in [-0.2, 0) is 0 Å². The van der Waals surface area contributed by atoms with Crippen molar-refractivity contribution in [2.24, 2.45) is 29.1 Å². The molecule has 18 heavy (non-hydrogen) atoms. The fourth-order valence-corrected chi connectivity index (χ4v) is 4.42. The van der Waals surface area contributed by atoms with E-state index in [1.165, 1.54) is 0 Å². The summed E-state index contributed by atoms with van der Waals surface area (Å²) in [7, 11) is 0. The molecule has 0 radical (unpaired) electrons. The lowest BCUT2D eigenvalue weighted by Gasteiger charge is -2.52. The molecule has 0 heterocycles. The summed E-state index contributed by atoms with van der Waals surface area (Å²) in [6.07, 6.45) is 2.60. The van der Waals surface area contributed by atoms with Crippen molar-refractivity contribution in [2.75, 3.05) is 6.61 Å². The first-order chi connectivity index (χ1) is 8.38. The van der Waals surface area contributed by atoms with E-state index in [4.69, 9.17) is 0 Å². The second-order valence-electron chi connectivity index (χ2n) is 7.24. The van der Waals surface area contributed by atoms with Gasteiger partial charge in [0.05, 0.1) is 12.2 Å². The molecule has 3 heteroatoms. The van der Waals surface area contributed by atoms with E-state index >= 15 is 0 Å². The van der Waals surface area contributed by atoms with Gasteiger partial charge in [-0.15, -0.1) is 0 Å². The first kappa shape index (κ1) is 14.3. The van der Waals surface area contributed by atoms with Crippen LogP contribution in [0, 0.1) is 29.1 Å². The Morgan fingerprint density at radius 1 is 1.11 bits per heavy atom. The normalized spacial score (nSPS) is 49.2. The van der Waals surface area contributed by atoms with E-state index in [2.05, 4.69) is 20.8 Å². The van der Waals surface area contributed by atoms with Gasteiger partial charge in [0.15, 0.2) is 0 Å². The predicted molar refractivity (Wildman–Crippen MR) is 71.0 cm³/mol. The van der Waals surface area contributed by atoms with Crippen LogP contribution in [0.3, 0.4) is 0 Å². The maximum atomic E-state index is 10.4. The van der Waals surface area contributed by atoms with Gasteiger partial charge < -0.3 is 15.3 Å². The SMILES string of the molecule is CC(C)[C@H]1CC[C@H](O)[C@H]2[C@@H]1C[C@@](C)(CO)C[C@@H]2O. The highest BCUT2D eigenvalue weighted by atomic mass is 16.3. The van der Waals surface area contributed by atoms with E-state index in [0.717, 1.165) is 19.3 Å². The zero-order valence-corrected chi connectivity index (χ0v) is 11.8. The molecular weight excluding hydrogens is 228 g/mol. The molecule has 0 aromatic heterocycles. The smallest absolute Gasteiger partial charge is 0.0601 e. The van der Waals surface area contributed by atoms with Crippen LogP contribution >= 0.6 is 0 Å². The van der Waals surface area contributed by atoms with Gasteiger partial charge in [0.25, 0.3) is 0 Å². The molecule has 3 N–H and O–H groups in total. The third kappa shape index (κ3) is 2.45. The third-order valence-corrected chi connectivity index (χ3v) is 5.40. The topological polar surface area (TPSA) is 60.7 Å². The molecule has 0 spiro atoms. The Morgan fingerprint density at radius 2 is 1.78 bits per heavy atom. The zero-order valence-electron chi connectivity index (χ0n) is 11.8. The number of fused-ring (bicyclic) bond motifs is 1. The van der Waals surface area contributed by atoms with E-state index in [9.17, 15) is 15.3 Å². The number of hydrogen-bond acceptors (Lipinski definition) is 3. The summed E-state index contributed by atoms with van der Waals surface area (Å²) in [6.45, 7) is 6.66. The zero-order chi connectivity index (χ0) is 13.5. The first-order valence-corrected chi connectivity index (χ1v) is 7.35. The van der Waals surface area contributed by atoms with Crippen LogP contribution in [0.25, 0.3) is 0 Å². The minimum atomic E-state index is -0.461. The summed E-state index contributed by atoms with van der Waals surface area (Å²) in [4.78, 5) is 0. The molecule has 2 aliphatic rings. The van der Waals surface area contributed by atoms with Gasteiger partial charge in [-0.3, -0.25) is 0 Å². The molecule has 2 saturated carbocycles. The summed E-state index contributed by atoms with van der Waals surface area (Å²) in [5.74, 6) is 1.53. The molecule has 2 fully saturated rings. The van der Waals surface area contributed by atoms with Gasteiger partial charge in [0.2, 0.25) is 0 Å². The van der Waals surface area contributed by atoms with Gasteiger partial charge >= 0.3 is 0 Å². The van der Waals surface area contributed by atoms with Gasteiger partial charge in [-0.2, -0.15) is 0 Å². The monoisotopic (exact) mass is 256 g/mol. The summed E-state index contributed by atoms with van der Waals surface area (Å²) in [5, 5.41) is 30.1. The second kappa shape index (κ2) is 5.10. The van der Waals surface area contributed by atoms with Gasteiger partial charge in [0, 0.05) is 12.5 Å². The lowest BCUT2D eigenvalue weighted by atomic mass is 9.55. The molecule has 2 aliphatic carbocycles. The average Bonchev–Trinajstić information content (AvgIpc) is 2.28. The van der Waals surface area contributed by atoms with Crippen molar-refractivity contribution in [2.45, 2.75) is 58.7 Å². The first-order valence-electron chi connectivity index (χ1n) is 7.35. The van der Waals surface area contributed by atoms with Gasteiger partial charge in [-0.05, 0) is 48.9 Å². The number of rotatable bonds is 2. The van der Waals surface area contributed by atoms with Crippen molar-refractivity contribution in [3.63, 3.8) is 0 Å². The molecule has 106 valence electrons. The highest BCUT2D eigenvalue weighted by Crippen LogP contribution is 2.51. The Hall–Kier alpha value is -0.120. The lowest BCUT2D eigenvalue weighted by Crippen LogP contribution is -2.53. The standard InChI is InChI=1S/C15H28O3/c1-9(2)10-4-5-12(17)14-11(10)6-15(3,8-16)7-13(14)18/h9-14,16-18H,4-8H2,1-3H3/t10-,11-,12+,13+,14-,15-/m1/s1. The quantitative estimate of drug-likeness (QED) is 0.706. The summed E-state index contributed by atoms with van der Waals surface area (Å²) in [6, 6.07) is 0. The highest BCUT2D eigenvalue weighted by Gasteiger charge is 2.50. The average molecular weight is 256 g/mol. The summed E-state index contributed by atoms with van der Waals surface area (Å²) < 4.78 is 0. The molecule has 0 unspecified atom stereocenters. The Labute approximate surface area is 110 Å². The van der Waals surface area contributed by atoms with Crippen molar-refractivity contribution in [1.29, 1.82) is 0 Å². The molecule has 0 aromatic rings. The van der Waals surface area contributed by atoms with Crippen LogP contribution in [0.4, 0.5) is 0 Å². The molecule has 0 aromatic carbocycles. The van der Waals surface area contributed by atoms with E-state index in [0.29, 0.717) is 24.2 Å². The van der Waals surface area contributed by atoms with Crippen molar-refractivity contribution >= 4 is 0 Å². The van der Waals surface area contributed by atoms with Gasteiger partial charge in [0.1, 0.15) is 0 Å². The van der Waals surface area contributed by atoms with Gasteiger partial charge in [-0.25, -0.2) is 0 Å². The van der Waals surface area contributed by atoms with Crippen LogP contribution < -0.4 is 0 Å². The Balaban J connectivity index is 2.24. The predicted octanol–water partition coefficient (Wildman–Crippen LogP) is 1.80. The molecular formula is C15H28O3. The Bertz CT molecular complexity index is 291. The van der Waals surface area contributed by atoms with Crippen molar-refractivity contribution in [3.05, 3.63) is 0 Å². The molecule has 6 atom stereocenters. The fourth-order valence-electron chi connectivity index (χ4n) is 4.42. The summed E-state index contributed by atoms with van der Waals surface area (Å²) >= 11 is 0. The van der Waals surface area contributed by atoms with Crippen LogP contribution in [0.1, 0.15) is 46.5 Å². The second-order valence-corrected chi connectivity index (χ2v) is 7.24. The van der Waals surface area contributed by atoms with Crippen molar-refractivity contribution < 1.29 is 15.3 Å². The largest absolute Gasteiger partial charge is 0.396 e.